The van der Waals surface area contributed by atoms with Crippen LogP contribution in [0.25, 0.3) is 10.8 Å². The molecule has 9 nitrogen and oxygen atoms in total. The number of aryl methyl sites for hydroxylation is 1. The Hall–Kier alpha value is -5.05. The van der Waals surface area contributed by atoms with Crippen LogP contribution in [0.5, 0.6) is 0 Å². The van der Waals surface area contributed by atoms with Gasteiger partial charge in [0.15, 0.2) is 6.61 Å². The summed E-state index contributed by atoms with van der Waals surface area (Å²) >= 11 is 0. The summed E-state index contributed by atoms with van der Waals surface area (Å²) in [7, 11) is 1.66. The molecular formula is C27H19N3O6. The van der Waals surface area contributed by atoms with Crippen LogP contribution in [-0.2, 0) is 16.6 Å². The quantitative estimate of drug-likeness (QED) is 0.346. The summed E-state index contributed by atoms with van der Waals surface area (Å²) in [6.07, 6.45) is 1.66. The molecule has 4 aromatic rings. The first-order valence-corrected chi connectivity index (χ1v) is 11.0. The molecule has 2 heterocycles. The molecule has 9 heteroatoms. The summed E-state index contributed by atoms with van der Waals surface area (Å²) in [6, 6.07) is 19.5. The Bertz CT molecular complexity index is 1520. The lowest BCUT2D eigenvalue weighted by Gasteiger charge is -2.27. The predicted octanol–water partition coefficient (Wildman–Crippen LogP) is 3.09. The van der Waals surface area contributed by atoms with Crippen molar-refractivity contribution in [1.82, 2.24) is 9.88 Å². The molecule has 0 atom stereocenters. The molecular weight excluding hydrogens is 462 g/mol. The van der Waals surface area contributed by atoms with Gasteiger partial charge in [-0.25, -0.2) is 9.69 Å². The number of amides is 4. The van der Waals surface area contributed by atoms with Gasteiger partial charge in [0, 0.05) is 29.8 Å². The van der Waals surface area contributed by atoms with Crippen LogP contribution in [0.4, 0.5) is 5.69 Å². The molecule has 0 fully saturated rings. The largest absolute Gasteiger partial charge is 0.452 e. The van der Waals surface area contributed by atoms with Crippen molar-refractivity contribution in [1.29, 1.82) is 0 Å². The Morgan fingerprint density at radius 1 is 0.833 bits per heavy atom. The van der Waals surface area contributed by atoms with Crippen molar-refractivity contribution in [3.63, 3.8) is 0 Å². The van der Waals surface area contributed by atoms with Crippen LogP contribution >= 0.6 is 0 Å². The van der Waals surface area contributed by atoms with Gasteiger partial charge in [-0.3, -0.25) is 24.5 Å². The number of rotatable bonds is 5. The number of esters is 1. The van der Waals surface area contributed by atoms with Crippen LogP contribution in [0.15, 0.2) is 79.0 Å². The summed E-state index contributed by atoms with van der Waals surface area (Å²) in [5, 5.41) is 3.58. The number of benzene rings is 3. The Labute approximate surface area is 204 Å². The lowest BCUT2D eigenvalue weighted by molar-refractivity contribution is -0.123. The molecule has 0 saturated carbocycles. The maximum absolute atomic E-state index is 13.1. The van der Waals surface area contributed by atoms with E-state index < -0.39 is 36.2 Å². The average Bonchev–Trinajstić information content (AvgIpc) is 3.32. The van der Waals surface area contributed by atoms with Crippen molar-refractivity contribution in [3.05, 3.63) is 101 Å². The molecule has 0 bridgehead atoms. The average molecular weight is 481 g/mol. The number of hydrogen-bond acceptors (Lipinski definition) is 6. The standard InChI is InChI=1S/C27H19N3O6/c1-29-14-4-9-21(29)24(32)28-22(31)15-36-27(35)17-10-12-18(13-11-17)30-25(33)19-7-2-5-16-6-3-8-20(23(16)19)26(30)34/h2-14H,15H2,1H3,(H,28,31,32). The van der Waals surface area contributed by atoms with Gasteiger partial charge in [-0.1, -0.05) is 24.3 Å². The van der Waals surface area contributed by atoms with Gasteiger partial charge in [-0.15, -0.1) is 0 Å². The molecule has 36 heavy (non-hydrogen) atoms. The summed E-state index contributed by atoms with van der Waals surface area (Å²) in [6.45, 7) is -0.652. The zero-order valence-electron chi connectivity index (χ0n) is 19.1. The van der Waals surface area contributed by atoms with Crippen molar-refractivity contribution in [3.8, 4) is 0 Å². The lowest BCUT2D eigenvalue weighted by Crippen LogP contribution is -2.40. The Kier molecular flexibility index (Phi) is 5.65. The highest BCUT2D eigenvalue weighted by Gasteiger charge is 2.33. The molecule has 0 radical (unpaired) electrons. The fourth-order valence-electron chi connectivity index (χ4n) is 4.15. The van der Waals surface area contributed by atoms with Crippen molar-refractivity contribution >= 4 is 46.1 Å². The number of anilines is 1. The van der Waals surface area contributed by atoms with E-state index in [1.165, 1.54) is 24.3 Å². The monoisotopic (exact) mass is 481 g/mol. The van der Waals surface area contributed by atoms with Gasteiger partial charge in [-0.05, 0) is 53.9 Å². The van der Waals surface area contributed by atoms with Crippen LogP contribution in [0.1, 0.15) is 41.6 Å². The number of ether oxygens (including phenoxy) is 1. The highest BCUT2D eigenvalue weighted by atomic mass is 16.5. The minimum absolute atomic E-state index is 0.111. The van der Waals surface area contributed by atoms with E-state index in [2.05, 4.69) is 5.32 Å². The molecule has 1 aliphatic heterocycles. The maximum Gasteiger partial charge on any atom is 0.338 e. The van der Waals surface area contributed by atoms with Crippen molar-refractivity contribution < 1.29 is 28.7 Å². The van der Waals surface area contributed by atoms with E-state index >= 15 is 0 Å². The number of carbonyl (C=O) groups excluding carboxylic acids is 5. The Morgan fingerprint density at radius 3 is 2.06 bits per heavy atom. The van der Waals surface area contributed by atoms with Crippen molar-refractivity contribution in [2.24, 2.45) is 7.05 Å². The molecule has 4 amide bonds. The smallest absolute Gasteiger partial charge is 0.338 e. The van der Waals surface area contributed by atoms with E-state index in [1.807, 2.05) is 12.1 Å². The number of imide groups is 2. The lowest BCUT2D eigenvalue weighted by atomic mass is 9.94. The van der Waals surface area contributed by atoms with Gasteiger partial charge in [0.25, 0.3) is 23.6 Å². The third kappa shape index (κ3) is 3.92. The highest BCUT2D eigenvalue weighted by Crippen LogP contribution is 2.32. The number of nitrogens with zero attached hydrogens (tertiary/aromatic N) is 2. The Morgan fingerprint density at radius 2 is 1.47 bits per heavy atom. The van der Waals surface area contributed by atoms with Gasteiger partial charge < -0.3 is 9.30 Å². The van der Waals surface area contributed by atoms with Gasteiger partial charge in [0.1, 0.15) is 5.69 Å². The van der Waals surface area contributed by atoms with Crippen LogP contribution in [0, 0.1) is 0 Å². The summed E-state index contributed by atoms with van der Waals surface area (Å²) in [4.78, 5) is 63.8. The van der Waals surface area contributed by atoms with E-state index in [4.69, 9.17) is 4.74 Å². The van der Waals surface area contributed by atoms with E-state index in [9.17, 15) is 24.0 Å². The van der Waals surface area contributed by atoms with Crippen molar-refractivity contribution in [2.45, 2.75) is 0 Å². The number of aromatic nitrogens is 1. The molecule has 0 saturated heterocycles. The molecule has 0 unspecified atom stereocenters. The minimum Gasteiger partial charge on any atom is -0.452 e. The van der Waals surface area contributed by atoms with E-state index in [-0.39, 0.29) is 11.3 Å². The summed E-state index contributed by atoms with van der Waals surface area (Å²) < 4.78 is 6.54. The highest BCUT2D eigenvalue weighted by molar-refractivity contribution is 6.35. The summed E-state index contributed by atoms with van der Waals surface area (Å²) in [5.74, 6) is -3.10. The third-order valence-corrected chi connectivity index (χ3v) is 5.90. The van der Waals surface area contributed by atoms with Gasteiger partial charge >= 0.3 is 5.97 Å². The second kappa shape index (κ2) is 8.95. The van der Waals surface area contributed by atoms with E-state index in [0.717, 1.165) is 10.3 Å². The van der Waals surface area contributed by atoms with Gasteiger partial charge in [0.2, 0.25) is 0 Å². The second-order valence-electron chi connectivity index (χ2n) is 8.16. The normalized spacial score (nSPS) is 12.5. The number of carbonyl (C=O) groups is 5. The molecule has 1 N–H and O–H groups in total. The first kappa shape index (κ1) is 22.7. The van der Waals surface area contributed by atoms with Crippen LogP contribution < -0.4 is 10.2 Å². The van der Waals surface area contributed by atoms with Crippen molar-refractivity contribution in [2.75, 3.05) is 11.5 Å². The van der Waals surface area contributed by atoms with E-state index in [0.29, 0.717) is 22.2 Å². The molecule has 1 aromatic heterocycles. The topological polar surface area (TPSA) is 115 Å². The molecule has 0 spiro atoms. The number of nitrogens with one attached hydrogen (secondary N) is 1. The first-order valence-electron chi connectivity index (χ1n) is 11.0. The molecule has 178 valence electrons. The van der Waals surface area contributed by atoms with Crippen LogP contribution in [-0.4, -0.2) is 40.8 Å². The summed E-state index contributed by atoms with van der Waals surface area (Å²) in [5.41, 5.74) is 1.52. The zero-order chi connectivity index (χ0) is 25.4. The first-order chi connectivity index (χ1) is 17.3. The molecule has 0 aliphatic carbocycles. The Balaban J connectivity index is 1.27. The minimum atomic E-state index is -0.797. The predicted molar refractivity (Wildman–Crippen MR) is 130 cm³/mol. The van der Waals surface area contributed by atoms with E-state index in [1.54, 1.807) is 54.2 Å². The maximum atomic E-state index is 13.1. The zero-order valence-corrected chi connectivity index (χ0v) is 19.1. The molecule has 5 rings (SSSR count). The van der Waals surface area contributed by atoms with Crippen LogP contribution in [0.3, 0.4) is 0 Å². The second-order valence-corrected chi connectivity index (χ2v) is 8.16. The third-order valence-electron chi connectivity index (χ3n) is 5.90. The van der Waals surface area contributed by atoms with Gasteiger partial charge in [-0.2, -0.15) is 0 Å². The van der Waals surface area contributed by atoms with Gasteiger partial charge in [0.05, 0.1) is 11.3 Å². The molecule has 3 aromatic carbocycles. The molecule has 1 aliphatic rings. The fourth-order valence-corrected chi connectivity index (χ4v) is 4.15. The fraction of sp³-hybridized carbons (Fsp3) is 0.0741. The van der Waals surface area contributed by atoms with Crippen LogP contribution in [0.2, 0.25) is 0 Å². The SMILES string of the molecule is Cn1cccc1C(=O)NC(=O)COC(=O)c1ccc(N2C(=O)c3cccc4cccc(c34)C2=O)cc1. The number of hydrogen-bond donors (Lipinski definition) is 1.